The summed E-state index contributed by atoms with van der Waals surface area (Å²) in [6, 6.07) is 8.37. The van der Waals surface area contributed by atoms with Crippen molar-refractivity contribution in [2.45, 2.75) is 6.92 Å². The van der Waals surface area contributed by atoms with Crippen molar-refractivity contribution in [2.24, 2.45) is 0 Å². The van der Waals surface area contributed by atoms with Gasteiger partial charge in [-0.25, -0.2) is 0 Å². The highest BCUT2D eigenvalue weighted by Crippen LogP contribution is 2.41. The van der Waals surface area contributed by atoms with Crippen LogP contribution in [0.4, 0.5) is 0 Å². The molecule has 3 heteroatoms. The van der Waals surface area contributed by atoms with Crippen LogP contribution in [0.15, 0.2) is 24.3 Å². The van der Waals surface area contributed by atoms with Gasteiger partial charge in [0.05, 0.1) is 7.43 Å². The largest absolute Gasteiger partial charge is 0.272 e. The lowest BCUT2D eigenvalue weighted by Crippen LogP contribution is -2.10. The minimum Gasteiger partial charge on any atom is -0.272 e. The van der Waals surface area contributed by atoms with Crippen LogP contribution >= 0.6 is 18.7 Å². The summed E-state index contributed by atoms with van der Waals surface area (Å²) in [7, 11) is 3.36. The number of hydrogen-bond acceptors (Lipinski definition) is 1. The predicted octanol–water partition coefficient (Wildman–Crippen LogP) is 2.73. The van der Waals surface area contributed by atoms with E-state index in [9.17, 15) is 0 Å². The Kier molecular flexibility index (Phi) is 3.52. The van der Waals surface area contributed by atoms with Crippen molar-refractivity contribution in [3.05, 3.63) is 29.8 Å². The van der Waals surface area contributed by atoms with Gasteiger partial charge in [0.2, 0.25) is 0 Å². The average Bonchev–Trinajstić information content (AvgIpc) is 2.04. The topological polar surface area (TPSA) is 3.24 Å². The van der Waals surface area contributed by atoms with Crippen molar-refractivity contribution < 1.29 is 0 Å². The maximum atomic E-state index is 6.18. The zero-order valence-corrected chi connectivity index (χ0v) is 9.23. The standard InChI is InChI=1S/C9H13ClNP/c1-8-4-6-9(7-5-8)12(10)11(2)3/h4-7H,1-3H3. The molecule has 1 nitrogen and oxygen atoms in total. The lowest BCUT2D eigenvalue weighted by molar-refractivity contribution is 0.693. The van der Waals surface area contributed by atoms with E-state index in [1.165, 1.54) is 10.9 Å². The Hall–Kier alpha value is -0.100. The van der Waals surface area contributed by atoms with Gasteiger partial charge in [-0.05, 0) is 21.0 Å². The number of nitrogens with zero attached hydrogens (tertiary/aromatic N) is 1. The van der Waals surface area contributed by atoms with Gasteiger partial charge in [0.25, 0.3) is 0 Å². The van der Waals surface area contributed by atoms with E-state index in [1.807, 2.05) is 18.8 Å². The summed E-state index contributed by atoms with van der Waals surface area (Å²) >= 11 is 6.18. The van der Waals surface area contributed by atoms with Gasteiger partial charge < -0.3 is 0 Å². The van der Waals surface area contributed by atoms with Crippen molar-refractivity contribution in [3.63, 3.8) is 0 Å². The minimum atomic E-state index is -0.642. The molecule has 0 amide bonds. The lowest BCUT2D eigenvalue weighted by atomic mass is 10.2. The molecule has 0 bridgehead atoms. The molecule has 0 N–H and O–H groups in total. The van der Waals surface area contributed by atoms with Crippen LogP contribution in [-0.2, 0) is 0 Å². The quantitative estimate of drug-likeness (QED) is 0.665. The van der Waals surface area contributed by atoms with Gasteiger partial charge in [-0.3, -0.25) is 4.67 Å². The fourth-order valence-corrected chi connectivity index (χ4v) is 2.09. The first kappa shape index (κ1) is 9.98. The molecule has 0 fully saturated rings. The van der Waals surface area contributed by atoms with E-state index in [0.29, 0.717) is 0 Å². The number of benzene rings is 1. The Morgan fingerprint density at radius 2 is 1.67 bits per heavy atom. The molecule has 0 aromatic heterocycles. The zero-order valence-electron chi connectivity index (χ0n) is 7.58. The Labute approximate surface area is 79.9 Å². The molecule has 1 aromatic carbocycles. The van der Waals surface area contributed by atoms with Gasteiger partial charge in [0.1, 0.15) is 0 Å². The monoisotopic (exact) mass is 201 g/mol. The second kappa shape index (κ2) is 4.23. The minimum absolute atomic E-state index is 0.642. The molecule has 0 radical (unpaired) electrons. The van der Waals surface area contributed by atoms with E-state index in [-0.39, 0.29) is 0 Å². The van der Waals surface area contributed by atoms with Gasteiger partial charge >= 0.3 is 0 Å². The third kappa shape index (κ3) is 2.45. The van der Waals surface area contributed by atoms with Gasteiger partial charge in [-0.2, -0.15) is 0 Å². The normalized spacial score (nSPS) is 13.4. The van der Waals surface area contributed by atoms with Crippen molar-refractivity contribution in [2.75, 3.05) is 14.1 Å². The van der Waals surface area contributed by atoms with E-state index in [4.69, 9.17) is 11.2 Å². The van der Waals surface area contributed by atoms with Crippen LogP contribution in [0.3, 0.4) is 0 Å². The molecule has 0 saturated heterocycles. The van der Waals surface area contributed by atoms with E-state index < -0.39 is 7.43 Å². The summed E-state index contributed by atoms with van der Waals surface area (Å²) in [5.74, 6) is 0. The molecular formula is C9H13ClNP. The van der Waals surface area contributed by atoms with E-state index in [2.05, 4.69) is 31.2 Å². The number of rotatable bonds is 2. The van der Waals surface area contributed by atoms with Gasteiger partial charge in [-0.15, -0.1) is 0 Å². The summed E-state index contributed by atoms with van der Waals surface area (Å²) in [6.07, 6.45) is 0. The number of aryl methyl sites for hydroxylation is 1. The molecule has 0 aliphatic heterocycles. The van der Waals surface area contributed by atoms with E-state index in [0.717, 1.165) is 0 Å². The third-order valence-electron chi connectivity index (χ3n) is 1.60. The molecule has 0 aliphatic carbocycles. The second-order valence-corrected chi connectivity index (χ2v) is 5.74. The molecule has 1 unspecified atom stereocenters. The predicted molar refractivity (Wildman–Crippen MR) is 57.3 cm³/mol. The van der Waals surface area contributed by atoms with Crippen molar-refractivity contribution in [3.8, 4) is 0 Å². The highest BCUT2D eigenvalue weighted by atomic mass is 35.7. The van der Waals surface area contributed by atoms with Crippen LogP contribution < -0.4 is 5.30 Å². The van der Waals surface area contributed by atoms with Crippen molar-refractivity contribution in [1.29, 1.82) is 0 Å². The first-order chi connectivity index (χ1) is 5.61. The highest BCUT2D eigenvalue weighted by molar-refractivity contribution is 7.88. The smallest absolute Gasteiger partial charge is 0.0940 e. The molecule has 66 valence electrons. The van der Waals surface area contributed by atoms with Crippen LogP contribution in [0.2, 0.25) is 0 Å². The Balaban J connectivity index is 2.82. The maximum absolute atomic E-state index is 6.18. The Morgan fingerprint density at radius 1 is 1.17 bits per heavy atom. The molecular weight excluding hydrogens is 189 g/mol. The molecule has 0 saturated carbocycles. The summed E-state index contributed by atoms with van der Waals surface area (Å²) in [5.41, 5.74) is 1.28. The summed E-state index contributed by atoms with van der Waals surface area (Å²) in [4.78, 5) is 0. The molecule has 1 aromatic rings. The number of halogens is 1. The summed E-state index contributed by atoms with van der Waals surface area (Å²) in [6.45, 7) is 2.08. The van der Waals surface area contributed by atoms with Crippen molar-refractivity contribution >= 4 is 24.0 Å². The fraction of sp³-hybridized carbons (Fsp3) is 0.333. The third-order valence-corrected chi connectivity index (χ3v) is 4.52. The summed E-state index contributed by atoms with van der Waals surface area (Å²) < 4.78 is 2.04. The van der Waals surface area contributed by atoms with Crippen LogP contribution in [0.5, 0.6) is 0 Å². The molecule has 1 atom stereocenters. The van der Waals surface area contributed by atoms with Gasteiger partial charge in [0, 0.05) is 5.30 Å². The van der Waals surface area contributed by atoms with E-state index >= 15 is 0 Å². The van der Waals surface area contributed by atoms with Gasteiger partial charge in [0.15, 0.2) is 0 Å². The first-order valence-electron chi connectivity index (χ1n) is 3.81. The SMILES string of the molecule is Cc1ccc(P(Cl)N(C)C)cc1. The molecule has 0 aliphatic rings. The fourth-order valence-electron chi connectivity index (χ4n) is 0.899. The second-order valence-electron chi connectivity index (χ2n) is 2.94. The Morgan fingerprint density at radius 3 is 2.08 bits per heavy atom. The Bertz CT molecular complexity index is 245. The van der Waals surface area contributed by atoms with Gasteiger partial charge in [-0.1, -0.05) is 41.1 Å². The molecule has 0 heterocycles. The lowest BCUT2D eigenvalue weighted by Gasteiger charge is -2.16. The average molecular weight is 202 g/mol. The first-order valence-corrected chi connectivity index (χ1v) is 6.01. The van der Waals surface area contributed by atoms with Crippen LogP contribution in [0.1, 0.15) is 5.56 Å². The molecule has 0 spiro atoms. The number of hydrogen-bond donors (Lipinski definition) is 0. The summed E-state index contributed by atoms with van der Waals surface area (Å²) in [5, 5.41) is 1.21. The molecule has 1 rings (SSSR count). The van der Waals surface area contributed by atoms with Crippen LogP contribution in [0, 0.1) is 6.92 Å². The molecule has 12 heavy (non-hydrogen) atoms. The zero-order chi connectivity index (χ0) is 9.14. The maximum Gasteiger partial charge on any atom is 0.0940 e. The highest BCUT2D eigenvalue weighted by Gasteiger charge is 2.08. The van der Waals surface area contributed by atoms with E-state index in [1.54, 1.807) is 0 Å². The van der Waals surface area contributed by atoms with Crippen molar-refractivity contribution in [1.82, 2.24) is 4.67 Å². The van der Waals surface area contributed by atoms with Crippen LogP contribution in [0.25, 0.3) is 0 Å². The van der Waals surface area contributed by atoms with Crippen LogP contribution in [-0.4, -0.2) is 18.8 Å².